The number of anilines is 1. The van der Waals surface area contributed by atoms with E-state index >= 15 is 0 Å². The van der Waals surface area contributed by atoms with Gasteiger partial charge in [-0.2, -0.15) is 4.98 Å². The second kappa shape index (κ2) is 3.50. The number of halogens is 2. The molecule has 1 aliphatic carbocycles. The number of hydrogen-bond donors (Lipinski definition) is 3. The van der Waals surface area contributed by atoms with Gasteiger partial charge in [0, 0.05) is 6.20 Å². The molecule has 1 saturated carbocycles. The molecule has 2 fully saturated rings. The Balaban J connectivity index is 2.01. The highest BCUT2D eigenvalue weighted by Gasteiger charge is 2.92. The van der Waals surface area contributed by atoms with E-state index in [0.29, 0.717) is 4.57 Å². The number of nitrogens with zero attached hydrogens (tertiary/aromatic N) is 2. The van der Waals surface area contributed by atoms with Crippen molar-refractivity contribution >= 4 is 5.82 Å². The standard InChI is InChI=1S/C10H11F2N3O4/c11-9-6(17)4(3-16)19-10(9,12)7(9)15-2-1-5(13)14-8(15)18/h1-2,4,6-7,16-17H,3H2,(H2,13,14,18). The highest BCUT2D eigenvalue weighted by Crippen LogP contribution is 2.70. The lowest BCUT2D eigenvalue weighted by Gasteiger charge is -2.19. The molecular formula is C10H11F2N3O4. The Morgan fingerprint density at radius 3 is 2.74 bits per heavy atom. The third kappa shape index (κ3) is 1.29. The van der Waals surface area contributed by atoms with E-state index in [1.165, 1.54) is 6.07 Å². The fraction of sp³-hybridized carbons (Fsp3) is 0.600. The molecule has 0 amide bonds. The molecule has 7 nitrogen and oxygen atoms in total. The summed E-state index contributed by atoms with van der Waals surface area (Å²) in [5, 5.41) is 18.5. The highest BCUT2D eigenvalue weighted by atomic mass is 19.2. The number of aliphatic hydroxyl groups excluding tert-OH is 2. The molecule has 1 aromatic heterocycles. The maximum atomic E-state index is 14.5. The average molecular weight is 275 g/mol. The van der Waals surface area contributed by atoms with Crippen molar-refractivity contribution in [1.82, 2.24) is 9.55 Å². The number of fused-ring (bicyclic) bond motifs is 1. The molecule has 0 spiro atoms. The van der Waals surface area contributed by atoms with Gasteiger partial charge in [0.25, 0.3) is 5.85 Å². The third-order valence-corrected chi connectivity index (χ3v) is 3.60. The van der Waals surface area contributed by atoms with Gasteiger partial charge in [0.1, 0.15) is 24.1 Å². The van der Waals surface area contributed by atoms with E-state index in [4.69, 9.17) is 10.8 Å². The van der Waals surface area contributed by atoms with Crippen LogP contribution in [0.4, 0.5) is 14.6 Å². The lowest BCUT2D eigenvalue weighted by Crippen LogP contribution is -2.39. The smallest absolute Gasteiger partial charge is 0.350 e. The van der Waals surface area contributed by atoms with Crippen molar-refractivity contribution in [2.45, 2.75) is 29.8 Å². The van der Waals surface area contributed by atoms with Crippen LogP contribution in [-0.2, 0) is 4.74 Å². The number of ether oxygens (including phenoxy) is 1. The maximum absolute atomic E-state index is 14.5. The summed E-state index contributed by atoms with van der Waals surface area (Å²) in [6, 6.07) is -0.434. The second-order valence-corrected chi connectivity index (χ2v) is 4.64. The van der Waals surface area contributed by atoms with Gasteiger partial charge in [0.15, 0.2) is 0 Å². The van der Waals surface area contributed by atoms with E-state index in [9.17, 15) is 18.7 Å². The van der Waals surface area contributed by atoms with E-state index in [-0.39, 0.29) is 5.82 Å². The van der Waals surface area contributed by atoms with Gasteiger partial charge in [-0.25, -0.2) is 13.6 Å². The van der Waals surface area contributed by atoms with E-state index < -0.39 is 42.1 Å². The van der Waals surface area contributed by atoms with Crippen LogP contribution in [0, 0.1) is 0 Å². The Bertz CT molecular complexity index is 596. The summed E-state index contributed by atoms with van der Waals surface area (Å²) in [4.78, 5) is 14.9. The topological polar surface area (TPSA) is 111 Å². The van der Waals surface area contributed by atoms with Crippen LogP contribution in [0.1, 0.15) is 6.04 Å². The molecule has 104 valence electrons. The van der Waals surface area contributed by atoms with Crippen LogP contribution in [0.5, 0.6) is 0 Å². The summed E-state index contributed by atoms with van der Waals surface area (Å²) < 4.78 is 34.1. The number of nitrogens with two attached hydrogens (primary N) is 1. The first-order valence-corrected chi connectivity index (χ1v) is 5.55. The van der Waals surface area contributed by atoms with Crippen molar-refractivity contribution in [2.24, 2.45) is 0 Å². The van der Waals surface area contributed by atoms with Gasteiger partial charge < -0.3 is 20.7 Å². The molecule has 9 heteroatoms. The van der Waals surface area contributed by atoms with Gasteiger partial charge in [0.05, 0.1) is 6.61 Å². The monoisotopic (exact) mass is 275 g/mol. The molecule has 1 saturated heterocycles. The van der Waals surface area contributed by atoms with E-state index in [2.05, 4.69) is 9.72 Å². The van der Waals surface area contributed by atoms with Gasteiger partial charge in [-0.15, -0.1) is 0 Å². The lowest BCUT2D eigenvalue weighted by atomic mass is 10.1. The Hall–Kier alpha value is -1.58. The predicted octanol–water partition coefficient (Wildman–Crippen LogP) is -1.49. The Labute approximate surface area is 105 Å². The van der Waals surface area contributed by atoms with E-state index in [0.717, 1.165) is 6.20 Å². The average Bonchev–Trinajstić information content (AvgIpc) is 2.75. The summed E-state index contributed by atoms with van der Waals surface area (Å²) in [7, 11) is 0. The normalized spacial score (nSPS) is 44.1. The van der Waals surface area contributed by atoms with E-state index in [1.54, 1.807) is 0 Å². The van der Waals surface area contributed by atoms with Gasteiger partial charge in [0.2, 0.25) is 5.67 Å². The zero-order chi connectivity index (χ0) is 14.0. The van der Waals surface area contributed by atoms with Gasteiger partial charge in [-0.05, 0) is 6.07 Å². The number of aliphatic hydroxyl groups is 2. The molecule has 0 bridgehead atoms. The van der Waals surface area contributed by atoms with Crippen LogP contribution in [-0.4, -0.2) is 50.1 Å². The minimum atomic E-state index is -2.85. The van der Waals surface area contributed by atoms with Crippen LogP contribution >= 0.6 is 0 Å². The number of aromatic nitrogens is 2. The minimum absolute atomic E-state index is 0.0809. The molecule has 4 N–H and O–H groups in total. The fourth-order valence-electron chi connectivity index (χ4n) is 2.60. The molecule has 0 radical (unpaired) electrons. The zero-order valence-electron chi connectivity index (χ0n) is 9.53. The van der Waals surface area contributed by atoms with Crippen LogP contribution in [0.2, 0.25) is 0 Å². The predicted molar refractivity (Wildman–Crippen MR) is 57.6 cm³/mol. The molecule has 1 aromatic rings. The number of rotatable bonds is 2. The first-order valence-electron chi connectivity index (χ1n) is 5.55. The second-order valence-electron chi connectivity index (χ2n) is 4.64. The highest BCUT2D eigenvalue weighted by molar-refractivity contribution is 5.34. The molecule has 19 heavy (non-hydrogen) atoms. The van der Waals surface area contributed by atoms with Gasteiger partial charge in [-0.3, -0.25) is 4.57 Å². The summed E-state index contributed by atoms with van der Waals surface area (Å²) in [5.41, 5.74) is 1.56. The lowest BCUT2D eigenvalue weighted by molar-refractivity contribution is -0.121. The molecule has 3 rings (SSSR count). The fourth-order valence-corrected chi connectivity index (χ4v) is 2.60. The molecule has 1 aliphatic heterocycles. The van der Waals surface area contributed by atoms with Crippen LogP contribution < -0.4 is 11.4 Å². The summed E-state index contributed by atoms with van der Waals surface area (Å²) >= 11 is 0. The first-order chi connectivity index (χ1) is 8.86. The van der Waals surface area contributed by atoms with Gasteiger partial charge >= 0.3 is 5.69 Å². The SMILES string of the molecule is Nc1ccn(C2C3(F)OC(CO)C(O)C23F)c(=O)n1. The molecule has 5 unspecified atom stereocenters. The van der Waals surface area contributed by atoms with Crippen molar-refractivity contribution in [1.29, 1.82) is 0 Å². The van der Waals surface area contributed by atoms with Crippen molar-refractivity contribution in [3.8, 4) is 0 Å². The Kier molecular flexibility index (Phi) is 2.29. The zero-order valence-corrected chi connectivity index (χ0v) is 9.53. The molecule has 2 aliphatic rings. The van der Waals surface area contributed by atoms with Gasteiger partial charge in [-0.1, -0.05) is 0 Å². The first kappa shape index (κ1) is 12.5. The summed E-state index contributed by atoms with van der Waals surface area (Å²) in [5.74, 6) is -2.93. The molecular weight excluding hydrogens is 264 g/mol. The Morgan fingerprint density at radius 1 is 1.58 bits per heavy atom. The summed E-state index contributed by atoms with van der Waals surface area (Å²) in [6.07, 6.45) is -2.14. The largest absolute Gasteiger partial charge is 0.394 e. The van der Waals surface area contributed by atoms with Crippen LogP contribution in [0.25, 0.3) is 0 Å². The van der Waals surface area contributed by atoms with Crippen LogP contribution in [0.3, 0.4) is 0 Å². The minimum Gasteiger partial charge on any atom is -0.394 e. The van der Waals surface area contributed by atoms with Crippen molar-refractivity contribution in [3.63, 3.8) is 0 Å². The molecule has 0 aromatic carbocycles. The van der Waals surface area contributed by atoms with Crippen LogP contribution in [0.15, 0.2) is 17.1 Å². The van der Waals surface area contributed by atoms with Crippen molar-refractivity contribution < 1.29 is 23.7 Å². The summed E-state index contributed by atoms with van der Waals surface area (Å²) in [6.45, 7) is -0.722. The maximum Gasteiger partial charge on any atom is 0.350 e. The Morgan fingerprint density at radius 2 is 2.26 bits per heavy atom. The number of alkyl halides is 2. The number of nitrogen functional groups attached to an aromatic ring is 1. The molecule has 5 atom stereocenters. The quantitative estimate of drug-likeness (QED) is 0.606. The van der Waals surface area contributed by atoms with Crippen molar-refractivity contribution in [2.75, 3.05) is 12.3 Å². The third-order valence-electron chi connectivity index (χ3n) is 3.60. The molecule has 2 heterocycles. The van der Waals surface area contributed by atoms with Crippen molar-refractivity contribution in [3.05, 3.63) is 22.7 Å². The number of hydrogen-bond acceptors (Lipinski definition) is 6. The van der Waals surface area contributed by atoms with E-state index in [1.807, 2.05) is 0 Å².